The van der Waals surface area contributed by atoms with Gasteiger partial charge in [0.25, 0.3) is 0 Å². The van der Waals surface area contributed by atoms with Crippen molar-refractivity contribution in [3.05, 3.63) is 11.8 Å². The van der Waals surface area contributed by atoms with Crippen molar-refractivity contribution in [2.24, 2.45) is 0 Å². The molecular weight excluding hydrogens is 152 g/mol. The van der Waals surface area contributed by atoms with E-state index in [0.29, 0.717) is 11.8 Å². The summed E-state index contributed by atoms with van der Waals surface area (Å²) in [5, 5.41) is 0. The number of nitrogen functional groups attached to an aromatic ring is 1. The van der Waals surface area contributed by atoms with Crippen molar-refractivity contribution in [2.45, 2.75) is 13.3 Å². The van der Waals surface area contributed by atoms with Crippen LogP contribution >= 0.6 is 0 Å². The standard InChI is InChI=1S/C8H14N4/c1-4-6-5-7(9)11-8(10-6)12(2)3/h5H,4H2,1-3H3,(H2,9,10,11). The molecule has 0 amide bonds. The van der Waals surface area contributed by atoms with Gasteiger partial charge in [-0.1, -0.05) is 6.92 Å². The average molecular weight is 166 g/mol. The van der Waals surface area contributed by atoms with E-state index in [1.54, 1.807) is 6.07 Å². The first kappa shape index (κ1) is 8.77. The third kappa shape index (κ3) is 1.84. The Bertz CT molecular complexity index is 270. The second-order valence-electron chi connectivity index (χ2n) is 2.83. The Hall–Kier alpha value is -1.32. The maximum atomic E-state index is 5.60. The molecule has 4 nitrogen and oxygen atoms in total. The number of aryl methyl sites for hydroxylation is 1. The second-order valence-corrected chi connectivity index (χ2v) is 2.83. The molecule has 1 aromatic rings. The van der Waals surface area contributed by atoms with Crippen LogP contribution < -0.4 is 10.6 Å². The van der Waals surface area contributed by atoms with Crippen molar-refractivity contribution in [3.8, 4) is 0 Å². The maximum Gasteiger partial charge on any atom is 0.226 e. The van der Waals surface area contributed by atoms with Crippen LogP contribution in [0, 0.1) is 0 Å². The minimum absolute atomic E-state index is 0.533. The number of rotatable bonds is 2. The highest BCUT2D eigenvalue weighted by atomic mass is 15.2. The molecule has 0 aromatic carbocycles. The molecule has 0 aliphatic carbocycles. The van der Waals surface area contributed by atoms with Gasteiger partial charge in [-0.2, -0.15) is 4.98 Å². The minimum atomic E-state index is 0.533. The highest BCUT2D eigenvalue weighted by Crippen LogP contribution is 2.09. The molecule has 66 valence electrons. The maximum absolute atomic E-state index is 5.60. The Morgan fingerprint density at radius 3 is 2.58 bits per heavy atom. The van der Waals surface area contributed by atoms with E-state index in [1.165, 1.54) is 0 Å². The van der Waals surface area contributed by atoms with Gasteiger partial charge >= 0.3 is 0 Å². The third-order valence-electron chi connectivity index (χ3n) is 1.55. The molecule has 0 fully saturated rings. The molecule has 0 saturated carbocycles. The van der Waals surface area contributed by atoms with Gasteiger partial charge in [0.1, 0.15) is 5.82 Å². The van der Waals surface area contributed by atoms with Crippen molar-refractivity contribution < 1.29 is 0 Å². The smallest absolute Gasteiger partial charge is 0.226 e. The van der Waals surface area contributed by atoms with E-state index in [0.717, 1.165) is 12.1 Å². The summed E-state index contributed by atoms with van der Waals surface area (Å²) in [4.78, 5) is 10.2. The molecule has 1 heterocycles. The van der Waals surface area contributed by atoms with E-state index < -0.39 is 0 Å². The lowest BCUT2D eigenvalue weighted by atomic mass is 10.3. The summed E-state index contributed by atoms with van der Waals surface area (Å²) in [7, 11) is 3.79. The van der Waals surface area contributed by atoms with Crippen LogP contribution in [0.1, 0.15) is 12.6 Å². The summed E-state index contributed by atoms with van der Waals surface area (Å²) in [6, 6.07) is 1.80. The van der Waals surface area contributed by atoms with Crippen molar-refractivity contribution in [1.29, 1.82) is 0 Å². The number of hydrogen-bond acceptors (Lipinski definition) is 4. The molecule has 0 aliphatic heterocycles. The zero-order valence-corrected chi connectivity index (χ0v) is 7.70. The predicted octanol–water partition coefficient (Wildman–Crippen LogP) is 0.687. The number of anilines is 2. The predicted molar refractivity (Wildman–Crippen MR) is 50.1 cm³/mol. The molecule has 0 aliphatic rings. The van der Waals surface area contributed by atoms with Gasteiger partial charge < -0.3 is 10.6 Å². The lowest BCUT2D eigenvalue weighted by Crippen LogP contribution is -2.14. The normalized spacial score (nSPS) is 9.92. The van der Waals surface area contributed by atoms with Gasteiger partial charge in [-0.05, 0) is 6.42 Å². The second kappa shape index (κ2) is 3.38. The van der Waals surface area contributed by atoms with E-state index in [-0.39, 0.29) is 0 Å². The van der Waals surface area contributed by atoms with Gasteiger partial charge in [0.05, 0.1) is 0 Å². The molecule has 1 rings (SSSR count). The van der Waals surface area contributed by atoms with Gasteiger partial charge in [0, 0.05) is 25.9 Å². The highest BCUT2D eigenvalue weighted by molar-refractivity contribution is 5.39. The third-order valence-corrected chi connectivity index (χ3v) is 1.55. The number of nitrogens with two attached hydrogens (primary N) is 1. The lowest BCUT2D eigenvalue weighted by molar-refractivity contribution is 0.944. The fraction of sp³-hybridized carbons (Fsp3) is 0.500. The average Bonchev–Trinajstić information content (AvgIpc) is 2.03. The molecule has 0 radical (unpaired) electrons. The van der Waals surface area contributed by atoms with Crippen molar-refractivity contribution in [1.82, 2.24) is 9.97 Å². The molecule has 4 heteroatoms. The van der Waals surface area contributed by atoms with Gasteiger partial charge in [-0.25, -0.2) is 4.98 Å². The number of aromatic nitrogens is 2. The molecule has 0 unspecified atom stereocenters. The molecule has 0 spiro atoms. The van der Waals surface area contributed by atoms with E-state index in [2.05, 4.69) is 9.97 Å². The van der Waals surface area contributed by atoms with Gasteiger partial charge in [0.2, 0.25) is 5.95 Å². The molecule has 0 atom stereocenters. The Labute approximate surface area is 72.4 Å². The van der Waals surface area contributed by atoms with Gasteiger partial charge in [-0.15, -0.1) is 0 Å². The zero-order chi connectivity index (χ0) is 9.14. The Balaban J connectivity index is 3.06. The SMILES string of the molecule is CCc1cc(N)nc(N(C)C)n1. The van der Waals surface area contributed by atoms with Crippen LogP contribution in [0.3, 0.4) is 0 Å². The molecular formula is C8H14N4. The summed E-state index contributed by atoms with van der Waals surface area (Å²) in [6.45, 7) is 2.04. The Morgan fingerprint density at radius 2 is 2.08 bits per heavy atom. The van der Waals surface area contributed by atoms with Crippen LogP contribution in [0.25, 0.3) is 0 Å². The van der Waals surface area contributed by atoms with E-state index in [1.807, 2.05) is 25.9 Å². The molecule has 0 saturated heterocycles. The molecule has 1 aromatic heterocycles. The van der Waals surface area contributed by atoms with Crippen LogP contribution in [0.15, 0.2) is 6.07 Å². The summed E-state index contributed by atoms with van der Waals surface area (Å²) in [5.74, 6) is 1.21. The van der Waals surface area contributed by atoms with Crippen molar-refractivity contribution >= 4 is 11.8 Å². The minimum Gasteiger partial charge on any atom is -0.384 e. The van der Waals surface area contributed by atoms with Crippen LogP contribution in [0.5, 0.6) is 0 Å². The van der Waals surface area contributed by atoms with Gasteiger partial charge in [-0.3, -0.25) is 0 Å². The Morgan fingerprint density at radius 1 is 1.42 bits per heavy atom. The van der Waals surface area contributed by atoms with Gasteiger partial charge in [0.15, 0.2) is 0 Å². The van der Waals surface area contributed by atoms with Crippen LogP contribution in [0.4, 0.5) is 11.8 Å². The number of nitrogens with zero attached hydrogens (tertiary/aromatic N) is 3. The monoisotopic (exact) mass is 166 g/mol. The first-order valence-electron chi connectivity index (χ1n) is 3.94. The topological polar surface area (TPSA) is 55.0 Å². The first-order valence-corrected chi connectivity index (χ1v) is 3.94. The summed E-state index contributed by atoms with van der Waals surface area (Å²) in [5.41, 5.74) is 6.57. The largest absolute Gasteiger partial charge is 0.384 e. The van der Waals surface area contributed by atoms with Crippen LogP contribution in [-0.2, 0) is 6.42 Å². The summed E-state index contributed by atoms with van der Waals surface area (Å²) >= 11 is 0. The van der Waals surface area contributed by atoms with Crippen molar-refractivity contribution in [3.63, 3.8) is 0 Å². The zero-order valence-electron chi connectivity index (χ0n) is 7.70. The van der Waals surface area contributed by atoms with E-state index >= 15 is 0 Å². The molecule has 0 bridgehead atoms. The summed E-state index contributed by atoms with van der Waals surface area (Å²) < 4.78 is 0. The molecule has 2 N–H and O–H groups in total. The lowest BCUT2D eigenvalue weighted by Gasteiger charge is -2.11. The molecule has 12 heavy (non-hydrogen) atoms. The van der Waals surface area contributed by atoms with E-state index in [4.69, 9.17) is 5.73 Å². The van der Waals surface area contributed by atoms with E-state index in [9.17, 15) is 0 Å². The quantitative estimate of drug-likeness (QED) is 0.702. The first-order chi connectivity index (χ1) is 5.63. The Kier molecular flexibility index (Phi) is 2.47. The van der Waals surface area contributed by atoms with Crippen LogP contribution in [0.2, 0.25) is 0 Å². The number of hydrogen-bond donors (Lipinski definition) is 1. The van der Waals surface area contributed by atoms with Crippen molar-refractivity contribution in [2.75, 3.05) is 24.7 Å². The summed E-state index contributed by atoms with van der Waals surface area (Å²) in [6.07, 6.45) is 0.882. The fourth-order valence-corrected chi connectivity index (χ4v) is 0.885. The fourth-order valence-electron chi connectivity index (χ4n) is 0.885. The van der Waals surface area contributed by atoms with Crippen LogP contribution in [-0.4, -0.2) is 24.1 Å². The highest BCUT2D eigenvalue weighted by Gasteiger charge is 2.01.